The molecule has 0 spiro atoms. The summed E-state index contributed by atoms with van der Waals surface area (Å²) in [5, 5.41) is 13.7. The summed E-state index contributed by atoms with van der Waals surface area (Å²) in [6.45, 7) is 1.25. The van der Waals surface area contributed by atoms with E-state index in [0.29, 0.717) is 44.9 Å². The number of aromatic carboxylic acids is 1. The van der Waals surface area contributed by atoms with Crippen LogP contribution in [0.1, 0.15) is 20.7 Å². The average Bonchev–Trinajstić information content (AvgIpc) is 2.70. The van der Waals surface area contributed by atoms with Gasteiger partial charge in [-0.05, 0) is 43.7 Å². The summed E-state index contributed by atoms with van der Waals surface area (Å²) in [6, 6.07) is 13.9. The number of carboxylic acid groups (broad SMARTS) is 1. The van der Waals surface area contributed by atoms with E-state index >= 15 is 0 Å². The predicted octanol–water partition coefficient (Wildman–Crippen LogP) is 2.93. The highest BCUT2D eigenvalue weighted by Gasteiger charge is 2.15. The summed E-state index contributed by atoms with van der Waals surface area (Å²) in [6.07, 6.45) is 0. The fraction of sp³-hybridized carbons (Fsp3) is 0.182. The first-order valence-corrected chi connectivity index (χ1v) is 9.24. The Bertz CT molecular complexity index is 1270. The highest BCUT2D eigenvalue weighted by Crippen LogP contribution is 2.28. The highest BCUT2D eigenvalue weighted by atomic mass is 16.4. The van der Waals surface area contributed by atoms with Crippen molar-refractivity contribution < 1.29 is 14.7 Å². The van der Waals surface area contributed by atoms with Crippen molar-refractivity contribution in [3.8, 4) is 0 Å². The zero-order valence-corrected chi connectivity index (χ0v) is 16.1. The number of para-hydroxylation sites is 1. The first-order chi connectivity index (χ1) is 14.0. The number of nitrogens with one attached hydrogen (secondary N) is 1. The van der Waals surface area contributed by atoms with Gasteiger partial charge in [-0.3, -0.25) is 4.79 Å². The van der Waals surface area contributed by atoms with Gasteiger partial charge in [0.2, 0.25) is 0 Å². The normalized spacial score (nSPS) is 11.4. The van der Waals surface area contributed by atoms with Gasteiger partial charge in [0.1, 0.15) is 5.52 Å². The quantitative estimate of drug-likeness (QED) is 0.403. The lowest BCUT2D eigenvalue weighted by Gasteiger charge is -2.12. The Morgan fingerprint density at radius 3 is 2.38 bits per heavy atom. The lowest BCUT2D eigenvalue weighted by Crippen LogP contribution is -2.31. The maximum atomic E-state index is 12.7. The van der Waals surface area contributed by atoms with E-state index in [1.165, 1.54) is 0 Å². The minimum atomic E-state index is -0.996. The van der Waals surface area contributed by atoms with Crippen molar-refractivity contribution in [2.24, 2.45) is 0 Å². The van der Waals surface area contributed by atoms with E-state index in [4.69, 9.17) is 4.98 Å². The first kappa shape index (κ1) is 18.8. The van der Waals surface area contributed by atoms with Crippen LogP contribution in [0.3, 0.4) is 0 Å². The molecule has 0 bridgehead atoms. The van der Waals surface area contributed by atoms with E-state index in [1.54, 1.807) is 36.4 Å². The summed E-state index contributed by atoms with van der Waals surface area (Å²) in [5.74, 6) is -1.21. The van der Waals surface area contributed by atoms with Gasteiger partial charge in [-0.1, -0.05) is 24.3 Å². The molecule has 0 saturated heterocycles. The molecule has 0 fully saturated rings. The van der Waals surface area contributed by atoms with Gasteiger partial charge in [-0.25, -0.2) is 14.8 Å². The van der Waals surface area contributed by atoms with Gasteiger partial charge in [0.15, 0.2) is 0 Å². The summed E-state index contributed by atoms with van der Waals surface area (Å²) >= 11 is 0. The third-order valence-electron chi connectivity index (χ3n) is 4.81. The summed E-state index contributed by atoms with van der Waals surface area (Å²) < 4.78 is 0. The average molecular weight is 388 g/mol. The van der Waals surface area contributed by atoms with Crippen LogP contribution in [0.4, 0.5) is 0 Å². The number of hydrogen-bond donors (Lipinski definition) is 2. The molecule has 0 unspecified atom stereocenters. The first-order valence-electron chi connectivity index (χ1n) is 9.24. The fourth-order valence-electron chi connectivity index (χ4n) is 3.38. The minimum Gasteiger partial charge on any atom is -0.478 e. The number of carboxylic acids is 1. The SMILES string of the molecule is CN(C)CCNC(=O)c1cccc2nc3ccc4c(C(=O)O)cccc4c3nc12. The number of nitrogens with zero attached hydrogens (tertiary/aromatic N) is 3. The zero-order valence-electron chi connectivity index (χ0n) is 16.1. The monoisotopic (exact) mass is 388 g/mol. The zero-order chi connectivity index (χ0) is 20.5. The maximum absolute atomic E-state index is 12.7. The number of rotatable bonds is 5. The van der Waals surface area contributed by atoms with Crippen LogP contribution in [0.5, 0.6) is 0 Å². The van der Waals surface area contributed by atoms with Crippen molar-refractivity contribution in [3.63, 3.8) is 0 Å². The molecule has 2 N–H and O–H groups in total. The standard InChI is InChI=1S/C22H20N4O3/c1-26(2)12-11-23-21(27)16-7-4-8-17-20(16)25-19-14-5-3-6-15(22(28)29)13(14)9-10-18(19)24-17/h3-10H,11-12H2,1-2H3,(H,23,27)(H,28,29). The molecule has 0 radical (unpaired) electrons. The van der Waals surface area contributed by atoms with Crippen molar-refractivity contribution in [2.45, 2.75) is 0 Å². The number of amides is 1. The molecule has 1 heterocycles. The number of likely N-dealkylation sites (N-methyl/N-ethyl adjacent to an activating group) is 1. The Hall–Kier alpha value is -3.58. The van der Waals surface area contributed by atoms with E-state index in [1.807, 2.05) is 31.1 Å². The molecule has 4 aromatic rings. The van der Waals surface area contributed by atoms with E-state index in [9.17, 15) is 14.7 Å². The third-order valence-corrected chi connectivity index (χ3v) is 4.81. The summed E-state index contributed by atoms with van der Waals surface area (Å²) in [4.78, 5) is 35.7. The second-order valence-electron chi connectivity index (χ2n) is 7.10. The van der Waals surface area contributed by atoms with Gasteiger partial charge in [-0.2, -0.15) is 0 Å². The molecule has 0 aliphatic rings. The number of aromatic nitrogens is 2. The Morgan fingerprint density at radius 1 is 0.897 bits per heavy atom. The van der Waals surface area contributed by atoms with Crippen LogP contribution in [0.15, 0.2) is 48.5 Å². The van der Waals surface area contributed by atoms with Gasteiger partial charge in [0, 0.05) is 18.5 Å². The Morgan fingerprint density at radius 2 is 1.62 bits per heavy atom. The van der Waals surface area contributed by atoms with Crippen LogP contribution < -0.4 is 5.32 Å². The van der Waals surface area contributed by atoms with E-state index in [2.05, 4.69) is 10.3 Å². The molecule has 0 saturated carbocycles. The van der Waals surface area contributed by atoms with Crippen LogP contribution in [0, 0.1) is 0 Å². The molecule has 3 aromatic carbocycles. The van der Waals surface area contributed by atoms with E-state index in [-0.39, 0.29) is 11.5 Å². The predicted molar refractivity (Wildman–Crippen MR) is 112 cm³/mol. The summed E-state index contributed by atoms with van der Waals surface area (Å²) in [5.41, 5.74) is 2.99. The van der Waals surface area contributed by atoms with Crippen LogP contribution in [0.2, 0.25) is 0 Å². The Balaban J connectivity index is 1.89. The second kappa shape index (κ2) is 7.44. The second-order valence-corrected chi connectivity index (χ2v) is 7.10. The van der Waals surface area contributed by atoms with Crippen molar-refractivity contribution in [1.82, 2.24) is 20.2 Å². The minimum absolute atomic E-state index is 0.209. The Kier molecular flexibility index (Phi) is 4.82. The van der Waals surface area contributed by atoms with Gasteiger partial charge >= 0.3 is 5.97 Å². The smallest absolute Gasteiger partial charge is 0.336 e. The molecule has 0 atom stereocenters. The van der Waals surface area contributed by atoms with E-state index in [0.717, 1.165) is 6.54 Å². The van der Waals surface area contributed by atoms with Crippen molar-refractivity contribution in [2.75, 3.05) is 27.2 Å². The van der Waals surface area contributed by atoms with Gasteiger partial charge in [0.05, 0.1) is 27.7 Å². The van der Waals surface area contributed by atoms with Crippen molar-refractivity contribution in [1.29, 1.82) is 0 Å². The van der Waals surface area contributed by atoms with Crippen LogP contribution in [-0.4, -0.2) is 59.0 Å². The van der Waals surface area contributed by atoms with Gasteiger partial charge in [-0.15, -0.1) is 0 Å². The van der Waals surface area contributed by atoms with Crippen molar-refractivity contribution >= 4 is 44.7 Å². The number of fused-ring (bicyclic) bond motifs is 4. The molecule has 0 aliphatic heterocycles. The molecule has 4 rings (SSSR count). The largest absolute Gasteiger partial charge is 0.478 e. The maximum Gasteiger partial charge on any atom is 0.336 e. The molecular formula is C22H20N4O3. The number of hydrogen-bond acceptors (Lipinski definition) is 5. The molecule has 29 heavy (non-hydrogen) atoms. The Labute approximate surface area is 167 Å². The van der Waals surface area contributed by atoms with E-state index < -0.39 is 5.97 Å². The highest BCUT2D eigenvalue weighted by molar-refractivity contribution is 6.14. The number of carbonyl (C=O) groups is 2. The summed E-state index contributed by atoms with van der Waals surface area (Å²) in [7, 11) is 3.89. The van der Waals surface area contributed by atoms with Crippen LogP contribution >= 0.6 is 0 Å². The molecule has 1 aromatic heterocycles. The topological polar surface area (TPSA) is 95.4 Å². The lowest BCUT2D eigenvalue weighted by atomic mass is 10.0. The van der Waals surface area contributed by atoms with Gasteiger partial charge in [0.25, 0.3) is 5.91 Å². The molecule has 1 amide bonds. The number of benzene rings is 3. The molecule has 146 valence electrons. The van der Waals surface area contributed by atoms with Crippen LogP contribution in [0.25, 0.3) is 32.8 Å². The fourth-order valence-corrected chi connectivity index (χ4v) is 3.38. The van der Waals surface area contributed by atoms with Gasteiger partial charge < -0.3 is 15.3 Å². The number of carbonyl (C=O) groups excluding carboxylic acids is 1. The molecular weight excluding hydrogens is 368 g/mol. The molecule has 7 heteroatoms. The van der Waals surface area contributed by atoms with Crippen molar-refractivity contribution in [3.05, 3.63) is 59.7 Å². The lowest BCUT2D eigenvalue weighted by molar-refractivity contribution is 0.0698. The third kappa shape index (κ3) is 3.48. The molecule has 7 nitrogen and oxygen atoms in total. The molecule has 0 aliphatic carbocycles. The van der Waals surface area contributed by atoms with Crippen LogP contribution in [-0.2, 0) is 0 Å².